The third kappa shape index (κ3) is 2.07. The van der Waals surface area contributed by atoms with E-state index in [1.54, 1.807) is 19.9 Å². The van der Waals surface area contributed by atoms with Crippen LogP contribution in [0.1, 0.15) is 35.7 Å². The molecule has 0 aliphatic heterocycles. The molecule has 0 spiro atoms. The van der Waals surface area contributed by atoms with Crippen LogP contribution in [0.25, 0.3) is 11.3 Å². The molecule has 0 radical (unpaired) electrons. The molecular weight excluding hydrogens is 243 g/mol. The number of nitrogens with zero attached hydrogens (tertiary/aromatic N) is 1. The van der Waals surface area contributed by atoms with Crippen LogP contribution in [0.15, 0.2) is 23.0 Å². The molecule has 0 unspecified atom stereocenters. The lowest BCUT2D eigenvalue weighted by molar-refractivity contribution is 0.619. The third-order valence-corrected chi connectivity index (χ3v) is 3.66. The molecule has 3 nitrogen and oxygen atoms in total. The lowest BCUT2D eigenvalue weighted by Crippen LogP contribution is -2.16. The second-order valence-corrected chi connectivity index (χ2v) is 5.11. The van der Waals surface area contributed by atoms with Gasteiger partial charge in [0, 0.05) is 17.0 Å². The van der Waals surface area contributed by atoms with Crippen molar-refractivity contribution in [3.05, 3.63) is 51.3 Å². The molecule has 1 heterocycles. The van der Waals surface area contributed by atoms with Crippen LogP contribution >= 0.6 is 0 Å². The molecule has 1 aromatic heterocycles. The van der Waals surface area contributed by atoms with Gasteiger partial charge in [0.05, 0.1) is 5.69 Å². The predicted molar refractivity (Wildman–Crippen MR) is 71.7 cm³/mol. The summed E-state index contributed by atoms with van der Waals surface area (Å²) >= 11 is 0. The summed E-state index contributed by atoms with van der Waals surface area (Å²) in [6.07, 6.45) is 2.13. The van der Waals surface area contributed by atoms with E-state index in [-0.39, 0.29) is 11.4 Å². The first-order valence-electron chi connectivity index (χ1n) is 6.44. The minimum absolute atomic E-state index is 0.129. The standard InChI is InChI=1S/C15H15FN2O/c1-8-11(4-3-5-12(8)16)13-9(2)15(19)18-14(17-13)10-6-7-10/h3-5,10H,6-7H2,1-2H3,(H,17,18,19). The normalized spacial score (nSPS) is 14.7. The molecule has 0 saturated heterocycles. The highest BCUT2D eigenvalue weighted by atomic mass is 19.1. The molecule has 1 aliphatic rings. The Labute approximate surface area is 110 Å². The molecule has 4 heteroatoms. The number of rotatable bonds is 2. The number of halogens is 1. The second kappa shape index (κ2) is 4.30. The van der Waals surface area contributed by atoms with E-state index in [1.807, 2.05) is 6.07 Å². The van der Waals surface area contributed by atoms with E-state index in [4.69, 9.17) is 0 Å². The van der Waals surface area contributed by atoms with Gasteiger partial charge in [-0.3, -0.25) is 4.79 Å². The molecule has 19 heavy (non-hydrogen) atoms. The van der Waals surface area contributed by atoms with Gasteiger partial charge in [-0.05, 0) is 38.3 Å². The number of H-pyrrole nitrogens is 1. The van der Waals surface area contributed by atoms with Crippen molar-refractivity contribution in [1.82, 2.24) is 9.97 Å². The highest BCUT2D eigenvalue weighted by Crippen LogP contribution is 2.38. The van der Waals surface area contributed by atoms with Crippen molar-refractivity contribution in [2.24, 2.45) is 0 Å². The Kier molecular flexibility index (Phi) is 2.73. The van der Waals surface area contributed by atoms with Crippen molar-refractivity contribution < 1.29 is 4.39 Å². The van der Waals surface area contributed by atoms with Gasteiger partial charge in [0.25, 0.3) is 5.56 Å². The zero-order valence-electron chi connectivity index (χ0n) is 11.0. The summed E-state index contributed by atoms with van der Waals surface area (Å²) in [7, 11) is 0. The quantitative estimate of drug-likeness (QED) is 0.899. The SMILES string of the molecule is Cc1c(F)cccc1-c1nc(C2CC2)[nH]c(=O)c1C. The molecule has 2 aromatic rings. The molecule has 1 N–H and O–H groups in total. The van der Waals surface area contributed by atoms with Gasteiger partial charge in [0.2, 0.25) is 0 Å². The van der Waals surface area contributed by atoms with Gasteiger partial charge >= 0.3 is 0 Å². The van der Waals surface area contributed by atoms with Crippen molar-refractivity contribution in [3.63, 3.8) is 0 Å². The van der Waals surface area contributed by atoms with Crippen molar-refractivity contribution in [1.29, 1.82) is 0 Å². The highest BCUT2D eigenvalue weighted by molar-refractivity contribution is 5.66. The number of benzene rings is 1. The summed E-state index contributed by atoms with van der Waals surface area (Å²) in [6, 6.07) is 4.88. The molecular formula is C15H15FN2O. The van der Waals surface area contributed by atoms with Crippen molar-refractivity contribution in [2.75, 3.05) is 0 Å². The number of aromatic amines is 1. The van der Waals surface area contributed by atoms with Crippen molar-refractivity contribution in [3.8, 4) is 11.3 Å². The molecule has 1 aliphatic carbocycles. The monoisotopic (exact) mass is 258 g/mol. The van der Waals surface area contributed by atoms with Crippen LogP contribution in [-0.2, 0) is 0 Å². The minimum atomic E-state index is -0.271. The topological polar surface area (TPSA) is 45.8 Å². The first-order chi connectivity index (χ1) is 9.08. The summed E-state index contributed by atoms with van der Waals surface area (Å²) in [5.41, 5.74) is 2.24. The first-order valence-corrected chi connectivity index (χ1v) is 6.44. The average molecular weight is 258 g/mol. The van der Waals surface area contributed by atoms with Gasteiger partial charge in [-0.15, -0.1) is 0 Å². The Morgan fingerprint density at radius 2 is 2.00 bits per heavy atom. The van der Waals surface area contributed by atoms with Crippen LogP contribution in [0, 0.1) is 19.7 Å². The summed E-state index contributed by atoms with van der Waals surface area (Å²) in [6.45, 7) is 3.44. The zero-order valence-corrected chi connectivity index (χ0v) is 11.0. The van der Waals surface area contributed by atoms with Gasteiger partial charge in [0.15, 0.2) is 0 Å². The maximum absolute atomic E-state index is 13.7. The summed E-state index contributed by atoms with van der Waals surface area (Å²) in [5.74, 6) is 0.821. The Bertz CT molecular complexity index is 702. The minimum Gasteiger partial charge on any atom is -0.310 e. The molecule has 0 amide bonds. The molecule has 1 aromatic carbocycles. The van der Waals surface area contributed by atoms with E-state index in [9.17, 15) is 9.18 Å². The van der Waals surface area contributed by atoms with Crippen molar-refractivity contribution in [2.45, 2.75) is 32.6 Å². The van der Waals surface area contributed by atoms with E-state index in [2.05, 4.69) is 9.97 Å². The molecule has 0 atom stereocenters. The van der Waals surface area contributed by atoms with Gasteiger partial charge in [0.1, 0.15) is 11.6 Å². The lowest BCUT2D eigenvalue weighted by atomic mass is 10.0. The fourth-order valence-electron chi connectivity index (χ4n) is 2.23. The van der Waals surface area contributed by atoms with E-state index in [1.165, 1.54) is 6.07 Å². The van der Waals surface area contributed by atoms with Crippen LogP contribution in [-0.4, -0.2) is 9.97 Å². The Morgan fingerprint density at radius 3 is 2.68 bits per heavy atom. The molecule has 0 bridgehead atoms. The smallest absolute Gasteiger partial charge is 0.254 e. The average Bonchev–Trinajstić information content (AvgIpc) is 3.20. The summed E-state index contributed by atoms with van der Waals surface area (Å²) in [5, 5.41) is 0. The van der Waals surface area contributed by atoms with Gasteiger partial charge in [-0.1, -0.05) is 12.1 Å². The fraction of sp³-hybridized carbons (Fsp3) is 0.333. The summed E-state index contributed by atoms with van der Waals surface area (Å²) < 4.78 is 13.7. The van der Waals surface area contributed by atoms with Crippen LogP contribution < -0.4 is 5.56 Å². The molecule has 1 fully saturated rings. The third-order valence-electron chi connectivity index (χ3n) is 3.66. The molecule has 3 rings (SSSR count). The highest BCUT2D eigenvalue weighted by Gasteiger charge is 2.27. The predicted octanol–water partition coefficient (Wildman–Crippen LogP) is 3.07. The number of nitrogens with one attached hydrogen (secondary N) is 1. The van der Waals surface area contributed by atoms with E-state index < -0.39 is 0 Å². The van der Waals surface area contributed by atoms with Gasteiger partial charge < -0.3 is 4.98 Å². The van der Waals surface area contributed by atoms with E-state index in [0.29, 0.717) is 28.3 Å². The Hall–Kier alpha value is -1.97. The number of aromatic nitrogens is 2. The summed E-state index contributed by atoms with van der Waals surface area (Å²) in [4.78, 5) is 19.3. The van der Waals surface area contributed by atoms with E-state index in [0.717, 1.165) is 18.7 Å². The largest absolute Gasteiger partial charge is 0.310 e. The first kappa shape index (κ1) is 12.1. The van der Waals surface area contributed by atoms with Crippen LogP contribution in [0.4, 0.5) is 4.39 Å². The van der Waals surface area contributed by atoms with Crippen molar-refractivity contribution >= 4 is 0 Å². The fourth-order valence-corrected chi connectivity index (χ4v) is 2.23. The Morgan fingerprint density at radius 1 is 1.26 bits per heavy atom. The lowest BCUT2D eigenvalue weighted by Gasteiger charge is -2.10. The Balaban J connectivity index is 2.23. The molecule has 1 saturated carbocycles. The van der Waals surface area contributed by atoms with Gasteiger partial charge in [-0.2, -0.15) is 0 Å². The van der Waals surface area contributed by atoms with Crippen LogP contribution in [0.2, 0.25) is 0 Å². The zero-order chi connectivity index (χ0) is 13.6. The number of hydrogen-bond acceptors (Lipinski definition) is 2. The maximum atomic E-state index is 13.7. The van der Waals surface area contributed by atoms with Gasteiger partial charge in [-0.25, -0.2) is 9.37 Å². The van der Waals surface area contributed by atoms with Crippen LogP contribution in [0.3, 0.4) is 0 Å². The number of hydrogen-bond donors (Lipinski definition) is 1. The molecule has 98 valence electrons. The second-order valence-electron chi connectivity index (χ2n) is 5.11. The maximum Gasteiger partial charge on any atom is 0.254 e. The van der Waals surface area contributed by atoms with E-state index >= 15 is 0 Å². The van der Waals surface area contributed by atoms with Crippen LogP contribution in [0.5, 0.6) is 0 Å².